The molecule has 10 heteroatoms. The van der Waals surface area contributed by atoms with Gasteiger partial charge >= 0.3 is 5.97 Å². The van der Waals surface area contributed by atoms with Gasteiger partial charge in [-0.1, -0.05) is 23.4 Å². The van der Waals surface area contributed by atoms with Gasteiger partial charge in [-0.05, 0) is 55.3 Å². The van der Waals surface area contributed by atoms with Crippen molar-refractivity contribution >= 4 is 51.8 Å². The Labute approximate surface area is 199 Å². The minimum absolute atomic E-state index is 0.0444. The van der Waals surface area contributed by atoms with E-state index in [9.17, 15) is 14.4 Å². The zero-order chi connectivity index (χ0) is 23.4. The van der Waals surface area contributed by atoms with Crippen molar-refractivity contribution in [3.63, 3.8) is 0 Å². The lowest BCUT2D eigenvalue weighted by Crippen LogP contribution is -2.29. The van der Waals surface area contributed by atoms with E-state index in [1.165, 1.54) is 18.9 Å². The highest BCUT2D eigenvalue weighted by molar-refractivity contribution is 7.99. The maximum atomic E-state index is 13.2. The maximum absolute atomic E-state index is 13.2. The highest BCUT2D eigenvalue weighted by atomic mass is 35.5. The van der Waals surface area contributed by atoms with Crippen molar-refractivity contribution in [3.05, 3.63) is 63.4 Å². The van der Waals surface area contributed by atoms with E-state index in [-0.39, 0.29) is 23.3 Å². The second-order valence-corrected chi connectivity index (χ2v) is 8.89. The van der Waals surface area contributed by atoms with Crippen molar-refractivity contribution < 1.29 is 19.1 Å². The quantitative estimate of drug-likeness (QED) is 0.308. The first-order chi connectivity index (χ1) is 15.9. The SMILES string of the molecule is COC(=O)c1ccc(NC(=O)CSc2nc3cc(Cl)ccc3c(=O)n2CC2CCCO2)cc1. The number of benzene rings is 2. The molecule has 8 nitrogen and oxygen atoms in total. The highest BCUT2D eigenvalue weighted by Crippen LogP contribution is 2.23. The fourth-order valence-electron chi connectivity index (χ4n) is 3.57. The smallest absolute Gasteiger partial charge is 0.337 e. The van der Waals surface area contributed by atoms with Crippen LogP contribution in [0.25, 0.3) is 10.9 Å². The molecule has 2 heterocycles. The van der Waals surface area contributed by atoms with Crippen molar-refractivity contribution in [2.75, 3.05) is 24.8 Å². The molecule has 1 aromatic heterocycles. The molecule has 3 aromatic rings. The summed E-state index contributed by atoms with van der Waals surface area (Å²) in [5, 5.41) is 4.16. The summed E-state index contributed by atoms with van der Waals surface area (Å²) in [6.45, 7) is 1.05. The van der Waals surface area contributed by atoms with E-state index in [2.05, 4.69) is 15.0 Å². The minimum atomic E-state index is -0.449. The molecule has 0 aliphatic carbocycles. The second-order valence-electron chi connectivity index (χ2n) is 7.51. The number of nitrogens with zero attached hydrogens (tertiary/aromatic N) is 2. The standard InChI is InChI=1S/C23H22ClN3O5S/c1-31-22(30)14-4-7-16(8-5-14)25-20(28)13-33-23-26-19-11-15(24)6-9-18(19)21(29)27(23)12-17-3-2-10-32-17/h4-9,11,17H,2-3,10,12-13H2,1H3,(H,25,28). The van der Waals surface area contributed by atoms with E-state index >= 15 is 0 Å². The maximum Gasteiger partial charge on any atom is 0.337 e. The van der Waals surface area contributed by atoms with Crippen LogP contribution in [0.15, 0.2) is 52.4 Å². The molecule has 1 saturated heterocycles. The first kappa shape index (κ1) is 23.3. The first-order valence-electron chi connectivity index (χ1n) is 10.4. The zero-order valence-corrected chi connectivity index (χ0v) is 19.4. The molecule has 1 aliphatic rings. The molecule has 1 N–H and O–H groups in total. The van der Waals surface area contributed by atoms with E-state index in [4.69, 9.17) is 16.3 Å². The number of halogens is 1. The van der Waals surface area contributed by atoms with Crippen LogP contribution in [0.3, 0.4) is 0 Å². The molecule has 1 unspecified atom stereocenters. The summed E-state index contributed by atoms with van der Waals surface area (Å²) in [7, 11) is 1.31. The van der Waals surface area contributed by atoms with Gasteiger partial charge in [0.25, 0.3) is 5.56 Å². The molecule has 1 amide bonds. The van der Waals surface area contributed by atoms with Gasteiger partial charge < -0.3 is 14.8 Å². The van der Waals surface area contributed by atoms with E-state index in [1.54, 1.807) is 47.0 Å². The Balaban J connectivity index is 1.52. The number of ether oxygens (including phenoxy) is 2. The van der Waals surface area contributed by atoms with Crippen molar-refractivity contribution in [2.24, 2.45) is 0 Å². The lowest BCUT2D eigenvalue weighted by Gasteiger charge is -2.16. The van der Waals surface area contributed by atoms with Gasteiger partial charge in [0, 0.05) is 17.3 Å². The summed E-state index contributed by atoms with van der Waals surface area (Å²) < 4.78 is 12.0. The topological polar surface area (TPSA) is 99.5 Å². The number of methoxy groups -OCH3 is 1. The summed E-state index contributed by atoms with van der Waals surface area (Å²) in [5.74, 6) is -0.673. The van der Waals surface area contributed by atoms with Crippen LogP contribution in [0, 0.1) is 0 Å². The number of aromatic nitrogens is 2. The number of nitrogens with one attached hydrogen (secondary N) is 1. The van der Waals surface area contributed by atoms with Gasteiger partial charge in [-0.25, -0.2) is 9.78 Å². The van der Waals surface area contributed by atoms with Crippen LogP contribution in [-0.2, 0) is 20.8 Å². The second kappa shape index (κ2) is 10.4. The van der Waals surface area contributed by atoms with Crippen LogP contribution < -0.4 is 10.9 Å². The number of esters is 1. The van der Waals surface area contributed by atoms with E-state index in [0.717, 1.165) is 12.8 Å². The number of amides is 1. The molecule has 172 valence electrons. The number of carbonyl (C=O) groups is 2. The van der Waals surface area contributed by atoms with Gasteiger partial charge in [-0.3, -0.25) is 14.2 Å². The van der Waals surface area contributed by atoms with E-state index in [1.807, 2.05) is 0 Å². The van der Waals surface area contributed by atoms with Crippen LogP contribution in [-0.4, -0.2) is 47.0 Å². The summed E-state index contributed by atoms with van der Waals surface area (Å²) >= 11 is 7.26. The third kappa shape index (κ3) is 5.55. The summed E-state index contributed by atoms with van der Waals surface area (Å²) in [6, 6.07) is 11.4. The number of hydrogen-bond acceptors (Lipinski definition) is 7. The Morgan fingerprint density at radius 1 is 1.27 bits per heavy atom. The molecule has 0 radical (unpaired) electrons. The lowest BCUT2D eigenvalue weighted by atomic mass is 10.2. The predicted molar refractivity (Wildman–Crippen MR) is 127 cm³/mol. The summed E-state index contributed by atoms with van der Waals surface area (Å²) in [6.07, 6.45) is 1.77. The number of thioether (sulfide) groups is 1. The Morgan fingerprint density at radius 2 is 2.06 bits per heavy atom. The number of anilines is 1. The molecular weight excluding hydrogens is 466 g/mol. The Kier molecular flexibility index (Phi) is 7.32. The number of hydrogen-bond donors (Lipinski definition) is 1. The minimum Gasteiger partial charge on any atom is -0.465 e. The Morgan fingerprint density at radius 3 is 2.76 bits per heavy atom. The Hall–Kier alpha value is -2.88. The molecule has 2 aromatic carbocycles. The lowest BCUT2D eigenvalue weighted by molar-refractivity contribution is -0.113. The van der Waals surface area contributed by atoms with Crippen molar-refractivity contribution in [3.8, 4) is 0 Å². The molecule has 4 rings (SSSR count). The number of fused-ring (bicyclic) bond motifs is 1. The molecule has 1 atom stereocenters. The average Bonchev–Trinajstić information content (AvgIpc) is 3.33. The first-order valence-corrected chi connectivity index (χ1v) is 11.7. The molecule has 1 fully saturated rings. The monoisotopic (exact) mass is 487 g/mol. The molecule has 1 aliphatic heterocycles. The third-order valence-electron chi connectivity index (χ3n) is 5.21. The van der Waals surface area contributed by atoms with Gasteiger partial charge in [0.1, 0.15) is 0 Å². The van der Waals surface area contributed by atoms with Crippen LogP contribution in [0.2, 0.25) is 5.02 Å². The van der Waals surface area contributed by atoms with Crippen LogP contribution in [0.4, 0.5) is 5.69 Å². The fraction of sp³-hybridized carbons (Fsp3) is 0.304. The average molecular weight is 488 g/mol. The van der Waals surface area contributed by atoms with Crippen molar-refractivity contribution in [1.82, 2.24) is 9.55 Å². The van der Waals surface area contributed by atoms with Crippen LogP contribution in [0.5, 0.6) is 0 Å². The molecule has 33 heavy (non-hydrogen) atoms. The molecule has 0 spiro atoms. The van der Waals surface area contributed by atoms with Crippen molar-refractivity contribution in [1.29, 1.82) is 0 Å². The third-order valence-corrected chi connectivity index (χ3v) is 6.43. The molecule has 0 bridgehead atoms. The predicted octanol–water partition coefficient (Wildman–Crippen LogP) is 3.75. The van der Waals surface area contributed by atoms with Gasteiger partial charge in [0.2, 0.25) is 5.91 Å². The fourth-order valence-corrected chi connectivity index (χ4v) is 4.55. The van der Waals surface area contributed by atoms with E-state index < -0.39 is 5.97 Å². The highest BCUT2D eigenvalue weighted by Gasteiger charge is 2.21. The number of rotatable bonds is 7. The zero-order valence-electron chi connectivity index (χ0n) is 17.9. The molecular formula is C23H22ClN3O5S. The molecule has 0 saturated carbocycles. The van der Waals surface area contributed by atoms with Gasteiger partial charge in [0.15, 0.2) is 5.16 Å². The van der Waals surface area contributed by atoms with Crippen molar-refractivity contribution in [2.45, 2.75) is 30.6 Å². The summed E-state index contributed by atoms with van der Waals surface area (Å²) in [5.41, 5.74) is 1.23. The summed E-state index contributed by atoms with van der Waals surface area (Å²) in [4.78, 5) is 41.9. The normalized spacial score (nSPS) is 15.5. The van der Waals surface area contributed by atoms with Gasteiger partial charge in [-0.2, -0.15) is 0 Å². The van der Waals surface area contributed by atoms with E-state index in [0.29, 0.717) is 45.5 Å². The largest absolute Gasteiger partial charge is 0.465 e. The van der Waals surface area contributed by atoms with Gasteiger partial charge in [0.05, 0.1) is 42.0 Å². The van der Waals surface area contributed by atoms with Crippen LogP contribution >= 0.6 is 23.4 Å². The Bertz CT molecular complexity index is 1240. The number of carbonyl (C=O) groups excluding carboxylic acids is 2. The van der Waals surface area contributed by atoms with Gasteiger partial charge in [-0.15, -0.1) is 0 Å². The van der Waals surface area contributed by atoms with Crippen LogP contribution in [0.1, 0.15) is 23.2 Å².